The van der Waals surface area contributed by atoms with Crippen LogP contribution in [0.4, 0.5) is 0 Å². The van der Waals surface area contributed by atoms with Gasteiger partial charge in [0, 0.05) is 0 Å². The summed E-state index contributed by atoms with van der Waals surface area (Å²) in [5.41, 5.74) is -1.73. The van der Waals surface area contributed by atoms with Crippen molar-refractivity contribution >= 4 is 25.7 Å². The number of esters is 3. The fourth-order valence-electron chi connectivity index (χ4n) is 5.54. The van der Waals surface area contributed by atoms with Gasteiger partial charge in [-0.05, 0) is 57.3 Å². The van der Waals surface area contributed by atoms with Gasteiger partial charge < -0.3 is 24.0 Å². The average Bonchev–Trinajstić information content (AvgIpc) is 3.39. The quantitative estimate of drug-likeness (QED) is 0.0857. The molecular weight excluding hydrogens is 491 g/mol. The highest BCUT2D eigenvalue weighted by atomic mass is 31.2. The third-order valence-electron chi connectivity index (χ3n) is 7.60. The maximum absolute atomic E-state index is 12.8. The predicted octanol–water partition coefficient (Wildman–Crippen LogP) is 4.31. The molecule has 36 heavy (non-hydrogen) atoms. The number of hydrogen-bond donors (Lipinski definition) is 2. The van der Waals surface area contributed by atoms with Crippen molar-refractivity contribution in [3.8, 4) is 0 Å². The van der Waals surface area contributed by atoms with Crippen LogP contribution in [0.3, 0.4) is 0 Å². The van der Waals surface area contributed by atoms with Crippen LogP contribution >= 0.6 is 7.82 Å². The molecule has 0 aliphatic heterocycles. The maximum atomic E-state index is 12.8. The first-order valence-corrected chi connectivity index (χ1v) is 14.8. The van der Waals surface area contributed by atoms with Crippen molar-refractivity contribution in [1.29, 1.82) is 0 Å². The molecule has 2 fully saturated rings. The highest BCUT2D eigenvalue weighted by Crippen LogP contribution is 2.73. The van der Waals surface area contributed by atoms with Crippen molar-refractivity contribution in [3.63, 3.8) is 0 Å². The molecule has 0 saturated heterocycles. The SMILES string of the molecule is CCOC(=O)C1(C(=O)OCC)CC2CC2(C(C)C(=O)OCCCCCCCCCCOP(=O)(O)O)C1. The molecule has 0 amide bonds. The van der Waals surface area contributed by atoms with Gasteiger partial charge in [0.25, 0.3) is 0 Å². The van der Waals surface area contributed by atoms with Gasteiger partial charge in [0.05, 0.1) is 32.3 Å². The Kier molecular flexibility index (Phi) is 11.9. The van der Waals surface area contributed by atoms with Crippen molar-refractivity contribution in [2.75, 3.05) is 26.4 Å². The van der Waals surface area contributed by atoms with Crippen LogP contribution in [0.1, 0.15) is 91.4 Å². The third-order valence-corrected chi connectivity index (χ3v) is 8.11. The first-order valence-electron chi connectivity index (χ1n) is 13.2. The lowest BCUT2D eigenvalue weighted by Crippen LogP contribution is -2.42. The molecule has 2 aliphatic carbocycles. The predicted molar refractivity (Wildman–Crippen MR) is 131 cm³/mol. The van der Waals surface area contributed by atoms with Gasteiger partial charge in [0.15, 0.2) is 5.41 Å². The van der Waals surface area contributed by atoms with Crippen molar-refractivity contribution in [2.45, 2.75) is 91.4 Å². The van der Waals surface area contributed by atoms with Crippen molar-refractivity contribution in [1.82, 2.24) is 0 Å². The van der Waals surface area contributed by atoms with Gasteiger partial charge in [0.1, 0.15) is 0 Å². The van der Waals surface area contributed by atoms with Gasteiger partial charge in [-0.2, -0.15) is 0 Å². The molecule has 2 saturated carbocycles. The van der Waals surface area contributed by atoms with Crippen molar-refractivity contribution in [3.05, 3.63) is 0 Å². The number of rotatable bonds is 18. The molecule has 10 nitrogen and oxygen atoms in total. The molecule has 0 spiro atoms. The van der Waals surface area contributed by atoms with Crippen LogP contribution in [0.15, 0.2) is 0 Å². The third kappa shape index (κ3) is 8.27. The van der Waals surface area contributed by atoms with Crippen molar-refractivity contribution in [2.24, 2.45) is 22.7 Å². The number of phosphoric acid groups is 1. The molecule has 0 aromatic heterocycles. The number of hydrogen-bond acceptors (Lipinski definition) is 8. The number of phosphoric ester groups is 1. The summed E-state index contributed by atoms with van der Waals surface area (Å²) < 4.78 is 31.0. The summed E-state index contributed by atoms with van der Waals surface area (Å²) in [4.78, 5) is 55.5. The molecule has 2 rings (SSSR count). The van der Waals surface area contributed by atoms with Crippen LogP contribution in [0.2, 0.25) is 0 Å². The van der Waals surface area contributed by atoms with E-state index in [1.165, 1.54) is 0 Å². The number of carbonyl (C=O) groups is 3. The second kappa shape index (κ2) is 13.9. The fourth-order valence-corrected chi connectivity index (χ4v) is 5.91. The van der Waals surface area contributed by atoms with Crippen LogP contribution in [-0.2, 0) is 37.7 Å². The van der Waals surface area contributed by atoms with E-state index in [4.69, 9.17) is 24.0 Å². The summed E-state index contributed by atoms with van der Waals surface area (Å²) in [6.07, 6.45) is 8.76. The largest absolute Gasteiger partial charge is 0.469 e. The molecule has 0 bridgehead atoms. The lowest BCUT2D eigenvalue weighted by molar-refractivity contribution is -0.173. The summed E-state index contributed by atoms with van der Waals surface area (Å²) in [7, 11) is -4.36. The highest BCUT2D eigenvalue weighted by Gasteiger charge is 2.73. The molecule has 11 heteroatoms. The summed E-state index contributed by atoms with van der Waals surface area (Å²) in [5, 5.41) is 0. The first-order chi connectivity index (χ1) is 17.0. The maximum Gasteiger partial charge on any atom is 0.469 e. The zero-order valence-corrected chi connectivity index (χ0v) is 22.8. The van der Waals surface area contributed by atoms with Crippen LogP contribution in [0.5, 0.6) is 0 Å². The number of unbranched alkanes of at least 4 members (excludes halogenated alkanes) is 7. The Balaban J connectivity index is 1.65. The molecule has 2 aliphatic rings. The average molecular weight is 535 g/mol. The van der Waals surface area contributed by atoms with E-state index in [2.05, 4.69) is 4.52 Å². The highest BCUT2D eigenvalue weighted by molar-refractivity contribution is 7.46. The number of fused-ring (bicyclic) bond motifs is 1. The van der Waals surface area contributed by atoms with E-state index in [1.807, 2.05) is 6.92 Å². The molecular formula is C25H43O10P. The van der Waals surface area contributed by atoms with E-state index >= 15 is 0 Å². The van der Waals surface area contributed by atoms with Gasteiger partial charge in [-0.1, -0.05) is 45.4 Å². The van der Waals surface area contributed by atoms with E-state index in [1.54, 1.807) is 13.8 Å². The molecule has 0 aromatic rings. The first kappa shape index (κ1) is 30.7. The second-order valence-electron chi connectivity index (χ2n) is 10.1. The van der Waals surface area contributed by atoms with Crippen molar-refractivity contribution < 1.29 is 47.5 Å². The van der Waals surface area contributed by atoms with E-state index in [0.717, 1.165) is 51.4 Å². The lowest BCUT2D eigenvalue weighted by atomic mass is 9.77. The second-order valence-corrected chi connectivity index (χ2v) is 11.3. The Hall–Kier alpha value is -1.48. The fraction of sp³-hybridized carbons (Fsp3) is 0.880. The molecule has 3 atom stereocenters. The van der Waals surface area contributed by atoms with Gasteiger partial charge >= 0.3 is 25.7 Å². The summed E-state index contributed by atoms with van der Waals surface area (Å²) in [6, 6.07) is 0. The Morgan fingerprint density at radius 1 is 0.833 bits per heavy atom. The lowest BCUT2D eigenvalue weighted by Gasteiger charge is -2.29. The summed E-state index contributed by atoms with van der Waals surface area (Å²) in [5.74, 6) is -1.67. The van der Waals surface area contributed by atoms with Crippen LogP contribution < -0.4 is 0 Å². The van der Waals surface area contributed by atoms with Gasteiger partial charge in [-0.15, -0.1) is 0 Å². The number of ether oxygens (including phenoxy) is 3. The Labute approximate surface area is 214 Å². The van der Waals surface area contributed by atoms with E-state index in [9.17, 15) is 18.9 Å². The molecule has 2 N–H and O–H groups in total. The Bertz CT molecular complexity index is 776. The standard InChI is InChI=1S/C25H43O10P/c1-4-32-22(27)25(23(28)33-5-2)17-20-16-24(20,18-25)19(3)21(26)34-14-12-10-8-6-7-9-11-13-15-35-36(29,30)31/h19-20H,4-18H2,1-3H3,(H2,29,30,31). The van der Waals surface area contributed by atoms with E-state index < -0.39 is 36.5 Å². The monoisotopic (exact) mass is 534 g/mol. The minimum absolute atomic E-state index is 0.0722. The normalized spacial score (nSPS) is 23.0. The zero-order valence-electron chi connectivity index (χ0n) is 21.9. The van der Waals surface area contributed by atoms with Crippen LogP contribution in [0, 0.1) is 22.7 Å². The molecule has 0 radical (unpaired) electrons. The molecule has 0 aromatic carbocycles. The molecule has 0 heterocycles. The number of carbonyl (C=O) groups excluding carboxylic acids is 3. The van der Waals surface area contributed by atoms with E-state index in [-0.39, 0.29) is 38.1 Å². The topological polar surface area (TPSA) is 146 Å². The minimum atomic E-state index is -4.36. The molecule has 3 unspecified atom stereocenters. The van der Waals surface area contributed by atoms with Gasteiger partial charge in [-0.3, -0.25) is 18.9 Å². The smallest absolute Gasteiger partial charge is 0.465 e. The van der Waals surface area contributed by atoms with E-state index in [0.29, 0.717) is 19.4 Å². The summed E-state index contributed by atoms with van der Waals surface area (Å²) in [6.45, 7) is 6.04. The minimum Gasteiger partial charge on any atom is -0.465 e. The van der Waals surface area contributed by atoms with Crippen LogP contribution in [-0.4, -0.2) is 54.1 Å². The Morgan fingerprint density at radius 3 is 1.83 bits per heavy atom. The van der Waals surface area contributed by atoms with Crippen LogP contribution in [0.25, 0.3) is 0 Å². The summed E-state index contributed by atoms with van der Waals surface area (Å²) >= 11 is 0. The van der Waals surface area contributed by atoms with Gasteiger partial charge in [-0.25, -0.2) is 4.57 Å². The zero-order chi connectivity index (χ0) is 26.8. The van der Waals surface area contributed by atoms with Gasteiger partial charge in [0.2, 0.25) is 0 Å². The Morgan fingerprint density at radius 2 is 1.33 bits per heavy atom. The molecule has 208 valence electrons.